The molecule has 0 saturated heterocycles. The maximum Gasteiger partial charge on any atom is 0.269 e. The quantitative estimate of drug-likeness (QED) is 0.288. The van der Waals surface area contributed by atoms with Crippen molar-refractivity contribution in [3.05, 3.63) is 115 Å². The molecule has 0 saturated carbocycles. The summed E-state index contributed by atoms with van der Waals surface area (Å²) < 4.78 is 0. The van der Waals surface area contributed by atoms with Gasteiger partial charge in [0.05, 0.1) is 20.5 Å². The molecular weight excluding hydrogens is 418 g/mol. The first-order valence-corrected chi connectivity index (χ1v) is 9.08. The van der Waals surface area contributed by atoms with Crippen LogP contribution in [0, 0.1) is 30.3 Å². The van der Waals surface area contributed by atoms with Crippen molar-refractivity contribution in [1.82, 2.24) is 0 Å². The molecule has 0 aliphatic heterocycles. The molecule has 11 heteroatoms. The van der Waals surface area contributed by atoms with Gasteiger partial charge in [-0.3, -0.25) is 35.3 Å². The number of benzene rings is 3. The Morgan fingerprint density at radius 2 is 1.12 bits per heavy atom. The van der Waals surface area contributed by atoms with E-state index in [1.165, 1.54) is 66.9 Å². The summed E-state index contributed by atoms with van der Waals surface area (Å²) in [6.07, 6.45) is 3.08. The van der Waals surface area contributed by atoms with Crippen LogP contribution in [0.1, 0.15) is 5.56 Å². The summed E-state index contributed by atoms with van der Waals surface area (Å²) in [6, 6.07) is 17.3. The van der Waals surface area contributed by atoms with Crippen LogP contribution in [0.5, 0.6) is 0 Å². The molecule has 3 aromatic carbocycles. The number of aliphatic imine (C=N–C) groups is 1. The van der Waals surface area contributed by atoms with Crippen LogP contribution in [0.3, 0.4) is 0 Å². The van der Waals surface area contributed by atoms with E-state index in [2.05, 4.69) is 10.3 Å². The number of hydrogen-bond donors (Lipinski definition) is 1. The second-order valence-electron chi connectivity index (χ2n) is 6.36. The van der Waals surface area contributed by atoms with Gasteiger partial charge in [-0.15, -0.1) is 0 Å². The van der Waals surface area contributed by atoms with Crippen molar-refractivity contribution in [3.63, 3.8) is 0 Å². The fraction of sp³-hybridized carbons (Fsp3) is 0. The minimum Gasteiger partial charge on any atom is -0.355 e. The number of nitrogens with one attached hydrogen (secondary N) is 1. The number of hydrogen-bond acceptors (Lipinski definition) is 8. The summed E-state index contributed by atoms with van der Waals surface area (Å²) in [6.45, 7) is 0. The summed E-state index contributed by atoms with van der Waals surface area (Å²) in [4.78, 5) is 35.2. The molecule has 160 valence electrons. The molecule has 11 nitrogen and oxygen atoms in total. The van der Waals surface area contributed by atoms with E-state index in [1.807, 2.05) is 0 Å². The number of nitro groups is 3. The molecule has 0 heterocycles. The summed E-state index contributed by atoms with van der Waals surface area (Å²) in [5, 5.41) is 35.6. The van der Waals surface area contributed by atoms with Gasteiger partial charge >= 0.3 is 0 Å². The normalized spacial score (nSPS) is 11.3. The number of anilines is 1. The van der Waals surface area contributed by atoms with E-state index in [9.17, 15) is 30.3 Å². The van der Waals surface area contributed by atoms with Gasteiger partial charge in [-0.05, 0) is 48.0 Å². The van der Waals surface area contributed by atoms with Crippen molar-refractivity contribution in [2.45, 2.75) is 0 Å². The van der Waals surface area contributed by atoms with Crippen molar-refractivity contribution in [2.24, 2.45) is 4.99 Å². The maximum absolute atomic E-state index is 10.9. The molecule has 0 atom stereocenters. The Morgan fingerprint density at radius 3 is 1.59 bits per heavy atom. The van der Waals surface area contributed by atoms with E-state index < -0.39 is 14.8 Å². The summed E-state index contributed by atoms with van der Waals surface area (Å²) in [5.41, 5.74) is 2.02. The van der Waals surface area contributed by atoms with Gasteiger partial charge in [0.2, 0.25) is 0 Å². The fourth-order valence-corrected chi connectivity index (χ4v) is 2.65. The molecule has 0 aliphatic rings. The van der Waals surface area contributed by atoms with Crippen LogP contribution in [0.2, 0.25) is 0 Å². The third kappa shape index (κ3) is 5.57. The van der Waals surface area contributed by atoms with E-state index in [1.54, 1.807) is 18.2 Å². The molecule has 0 fully saturated rings. The highest BCUT2D eigenvalue weighted by Gasteiger charge is 2.09. The number of rotatable bonds is 8. The predicted molar refractivity (Wildman–Crippen MR) is 119 cm³/mol. The van der Waals surface area contributed by atoms with Crippen molar-refractivity contribution < 1.29 is 14.8 Å². The fourth-order valence-electron chi connectivity index (χ4n) is 2.65. The number of allylic oxidation sites excluding steroid dienone is 1. The standard InChI is InChI=1S/C21H15N5O6/c27-24(28)18-7-1-15(2-8-18)21(23-17-5-11-20(12-6-17)26(31)32)13-14-22-16-3-9-19(10-4-16)25(29)30/h1-14,23H. The highest BCUT2D eigenvalue weighted by atomic mass is 16.6. The lowest BCUT2D eigenvalue weighted by molar-refractivity contribution is -0.385. The van der Waals surface area contributed by atoms with Gasteiger partial charge < -0.3 is 5.32 Å². The second kappa shape index (κ2) is 9.71. The first kappa shape index (κ1) is 21.8. The number of nitro benzene ring substituents is 3. The molecule has 0 aromatic heterocycles. The topological polar surface area (TPSA) is 154 Å². The number of nitrogens with zero attached hydrogens (tertiary/aromatic N) is 4. The second-order valence-corrected chi connectivity index (χ2v) is 6.36. The molecule has 3 aromatic rings. The predicted octanol–water partition coefficient (Wildman–Crippen LogP) is 5.27. The Bertz CT molecular complexity index is 1200. The van der Waals surface area contributed by atoms with E-state index in [0.717, 1.165) is 0 Å². The van der Waals surface area contributed by atoms with Crippen molar-refractivity contribution in [1.29, 1.82) is 0 Å². The lowest BCUT2D eigenvalue weighted by Crippen LogP contribution is -2.00. The Hall–Kier alpha value is -4.93. The molecule has 3 rings (SSSR count). The Morgan fingerprint density at radius 1 is 0.688 bits per heavy atom. The van der Waals surface area contributed by atoms with E-state index in [4.69, 9.17) is 0 Å². The largest absolute Gasteiger partial charge is 0.355 e. The highest BCUT2D eigenvalue weighted by molar-refractivity contribution is 5.90. The van der Waals surface area contributed by atoms with Gasteiger partial charge in [0.1, 0.15) is 0 Å². The zero-order valence-electron chi connectivity index (χ0n) is 16.3. The van der Waals surface area contributed by atoms with Crippen LogP contribution >= 0.6 is 0 Å². The average molecular weight is 433 g/mol. The lowest BCUT2D eigenvalue weighted by atomic mass is 10.1. The van der Waals surface area contributed by atoms with E-state index >= 15 is 0 Å². The minimum absolute atomic E-state index is 0.0501. The highest BCUT2D eigenvalue weighted by Crippen LogP contribution is 2.23. The van der Waals surface area contributed by atoms with Crippen LogP contribution in [0.4, 0.5) is 28.4 Å². The molecule has 0 spiro atoms. The molecule has 0 bridgehead atoms. The number of non-ortho nitro benzene ring substituents is 3. The van der Waals surface area contributed by atoms with Crippen molar-refractivity contribution >= 4 is 40.3 Å². The lowest BCUT2D eigenvalue weighted by Gasteiger charge is -2.11. The van der Waals surface area contributed by atoms with Crippen LogP contribution in [-0.4, -0.2) is 21.0 Å². The first-order chi connectivity index (χ1) is 15.3. The zero-order valence-corrected chi connectivity index (χ0v) is 16.3. The van der Waals surface area contributed by atoms with Crippen LogP contribution < -0.4 is 5.32 Å². The smallest absolute Gasteiger partial charge is 0.269 e. The first-order valence-electron chi connectivity index (χ1n) is 9.08. The van der Waals surface area contributed by atoms with Gasteiger partial charge in [0, 0.05) is 54.0 Å². The van der Waals surface area contributed by atoms with Gasteiger partial charge in [0.25, 0.3) is 17.1 Å². The van der Waals surface area contributed by atoms with E-state index in [0.29, 0.717) is 22.6 Å². The molecule has 32 heavy (non-hydrogen) atoms. The summed E-state index contributed by atoms with van der Waals surface area (Å²) in [5.74, 6) is 0. The third-order valence-corrected chi connectivity index (χ3v) is 4.27. The minimum atomic E-state index is -0.507. The van der Waals surface area contributed by atoms with Crippen molar-refractivity contribution in [3.8, 4) is 0 Å². The molecule has 0 amide bonds. The van der Waals surface area contributed by atoms with Crippen LogP contribution in [-0.2, 0) is 0 Å². The van der Waals surface area contributed by atoms with Crippen LogP contribution in [0.25, 0.3) is 5.70 Å². The molecule has 0 radical (unpaired) electrons. The molecule has 1 N–H and O–H groups in total. The average Bonchev–Trinajstić information content (AvgIpc) is 2.79. The van der Waals surface area contributed by atoms with Gasteiger partial charge in [-0.2, -0.15) is 0 Å². The Kier molecular flexibility index (Phi) is 6.61. The SMILES string of the molecule is O=[N+]([O-])c1ccc(N=CC=C(Nc2ccc([N+](=O)[O-])cc2)c2ccc([N+](=O)[O-])cc2)cc1. The van der Waals surface area contributed by atoms with Crippen LogP contribution in [0.15, 0.2) is 83.9 Å². The Labute approximate surface area is 180 Å². The van der Waals surface area contributed by atoms with E-state index in [-0.39, 0.29) is 17.1 Å². The van der Waals surface area contributed by atoms with Gasteiger partial charge in [0.15, 0.2) is 0 Å². The monoisotopic (exact) mass is 433 g/mol. The maximum atomic E-state index is 10.9. The summed E-state index contributed by atoms with van der Waals surface area (Å²) >= 11 is 0. The molecular formula is C21H15N5O6. The third-order valence-electron chi connectivity index (χ3n) is 4.27. The van der Waals surface area contributed by atoms with Gasteiger partial charge in [-0.25, -0.2) is 0 Å². The molecule has 0 unspecified atom stereocenters. The van der Waals surface area contributed by atoms with Gasteiger partial charge in [-0.1, -0.05) is 0 Å². The summed E-state index contributed by atoms with van der Waals surface area (Å²) in [7, 11) is 0. The zero-order chi connectivity index (χ0) is 23.1. The molecule has 0 aliphatic carbocycles. The van der Waals surface area contributed by atoms with Crippen molar-refractivity contribution in [2.75, 3.05) is 5.32 Å². The Balaban J connectivity index is 1.88.